The minimum atomic E-state index is 0.485. The van der Waals surface area contributed by atoms with Crippen molar-refractivity contribution in [3.05, 3.63) is 17.5 Å². The highest BCUT2D eigenvalue weighted by molar-refractivity contribution is 8.01. The lowest BCUT2D eigenvalue weighted by molar-refractivity contribution is 0.470. The number of hydrogen-bond acceptors (Lipinski definition) is 3. The molecule has 1 aliphatic carbocycles. The van der Waals surface area contributed by atoms with Gasteiger partial charge in [0.05, 0.1) is 4.21 Å². The van der Waals surface area contributed by atoms with Crippen molar-refractivity contribution in [3.63, 3.8) is 0 Å². The average Bonchev–Trinajstić information content (AvgIpc) is 2.78. The van der Waals surface area contributed by atoms with Gasteiger partial charge in [0.15, 0.2) is 0 Å². The maximum atomic E-state index is 6.03. The van der Waals surface area contributed by atoms with E-state index in [0.717, 1.165) is 5.92 Å². The molecule has 14 heavy (non-hydrogen) atoms. The summed E-state index contributed by atoms with van der Waals surface area (Å²) >= 11 is 3.82. The van der Waals surface area contributed by atoms with Crippen LogP contribution in [-0.4, -0.2) is 11.8 Å². The largest absolute Gasteiger partial charge is 0.327 e. The van der Waals surface area contributed by atoms with Gasteiger partial charge in [0.1, 0.15) is 0 Å². The van der Waals surface area contributed by atoms with Crippen molar-refractivity contribution in [2.24, 2.45) is 11.7 Å². The fourth-order valence-corrected chi connectivity index (χ4v) is 4.01. The lowest BCUT2D eigenvalue weighted by atomic mass is 10.0. The van der Waals surface area contributed by atoms with Gasteiger partial charge in [0.25, 0.3) is 0 Å². The van der Waals surface area contributed by atoms with Crippen LogP contribution in [0.4, 0.5) is 0 Å². The Morgan fingerprint density at radius 3 is 3.07 bits per heavy atom. The second-order valence-electron chi connectivity index (χ2n) is 3.92. The van der Waals surface area contributed by atoms with Gasteiger partial charge >= 0.3 is 0 Å². The highest BCUT2D eigenvalue weighted by atomic mass is 32.2. The molecule has 1 heterocycles. The molecule has 0 radical (unpaired) electrons. The van der Waals surface area contributed by atoms with Gasteiger partial charge < -0.3 is 5.73 Å². The van der Waals surface area contributed by atoms with Crippen LogP contribution >= 0.6 is 23.1 Å². The van der Waals surface area contributed by atoms with Gasteiger partial charge in [-0.2, -0.15) is 0 Å². The van der Waals surface area contributed by atoms with E-state index in [2.05, 4.69) is 17.5 Å². The van der Waals surface area contributed by atoms with Crippen LogP contribution in [0.2, 0.25) is 0 Å². The minimum absolute atomic E-state index is 0.485. The van der Waals surface area contributed by atoms with E-state index < -0.39 is 0 Å². The molecular weight excluding hydrogens is 210 g/mol. The molecule has 2 rings (SSSR count). The zero-order valence-corrected chi connectivity index (χ0v) is 9.95. The number of thioether (sulfide) groups is 1. The normalized spacial score (nSPS) is 26.9. The van der Waals surface area contributed by atoms with Crippen LogP contribution in [0.25, 0.3) is 0 Å². The van der Waals surface area contributed by atoms with Crippen molar-refractivity contribution < 1.29 is 0 Å². The molecule has 2 N–H and O–H groups in total. The predicted molar refractivity (Wildman–Crippen MR) is 65.0 cm³/mol. The molecule has 1 aromatic rings. The van der Waals surface area contributed by atoms with E-state index >= 15 is 0 Å². The fourth-order valence-electron chi connectivity index (χ4n) is 2.08. The minimum Gasteiger partial charge on any atom is -0.327 e. The van der Waals surface area contributed by atoms with Gasteiger partial charge in [-0.25, -0.2) is 0 Å². The predicted octanol–water partition coefficient (Wildman–Crippen LogP) is 3.36. The van der Waals surface area contributed by atoms with E-state index in [1.165, 1.54) is 35.6 Å². The molecule has 0 aliphatic heterocycles. The maximum Gasteiger partial charge on any atom is 0.0598 e. The molecule has 0 amide bonds. The van der Waals surface area contributed by atoms with Crippen molar-refractivity contribution in [2.75, 3.05) is 5.75 Å². The summed E-state index contributed by atoms with van der Waals surface area (Å²) in [4.78, 5) is 0. The van der Waals surface area contributed by atoms with Gasteiger partial charge in [-0.1, -0.05) is 12.5 Å². The number of hydrogen-bond donors (Lipinski definition) is 1. The standard InChI is InChI=1S/C11H17NS2/c12-10-4-1-3-9(10)6-8-14-11-5-2-7-13-11/h2,5,7,9-10H,1,3-4,6,8,12H2. The first-order valence-corrected chi connectivity index (χ1v) is 7.14. The summed E-state index contributed by atoms with van der Waals surface area (Å²) in [7, 11) is 0. The zero-order chi connectivity index (χ0) is 9.80. The molecule has 78 valence electrons. The smallest absolute Gasteiger partial charge is 0.0598 e. The van der Waals surface area contributed by atoms with E-state index in [1.54, 1.807) is 0 Å². The zero-order valence-electron chi connectivity index (χ0n) is 8.32. The Balaban J connectivity index is 1.68. The molecule has 0 aromatic carbocycles. The highest BCUT2D eigenvalue weighted by Crippen LogP contribution is 2.30. The van der Waals surface area contributed by atoms with E-state index in [1.807, 2.05) is 23.1 Å². The Hall–Kier alpha value is 0.01000. The Labute approximate surface area is 94.1 Å². The summed E-state index contributed by atoms with van der Waals surface area (Å²) in [6.45, 7) is 0. The maximum absolute atomic E-state index is 6.03. The number of rotatable bonds is 4. The summed E-state index contributed by atoms with van der Waals surface area (Å²) in [5, 5.41) is 2.14. The molecule has 1 aliphatic rings. The van der Waals surface area contributed by atoms with Crippen molar-refractivity contribution in [1.82, 2.24) is 0 Å². The first kappa shape index (κ1) is 10.5. The van der Waals surface area contributed by atoms with Crippen LogP contribution < -0.4 is 5.73 Å². The molecule has 3 heteroatoms. The lowest BCUT2D eigenvalue weighted by Gasteiger charge is -2.13. The summed E-state index contributed by atoms with van der Waals surface area (Å²) in [5.74, 6) is 2.03. The van der Waals surface area contributed by atoms with Crippen LogP contribution in [0.3, 0.4) is 0 Å². The van der Waals surface area contributed by atoms with Crippen molar-refractivity contribution in [3.8, 4) is 0 Å². The van der Waals surface area contributed by atoms with E-state index in [4.69, 9.17) is 5.73 Å². The monoisotopic (exact) mass is 227 g/mol. The fraction of sp³-hybridized carbons (Fsp3) is 0.636. The average molecular weight is 227 g/mol. The van der Waals surface area contributed by atoms with Gasteiger partial charge in [-0.05, 0) is 42.4 Å². The van der Waals surface area contributed by atoms with Crippen molar-refractivity contribution in [2.45, 2.75) is 35.9 Å². The molecule has 1 nitrogen and oxygen atoms in total. The Morgan fingerprint density at radius 2 is 2.43 bits per heavy atom. The molecule has 1 fully saturated rings. The Kier molecular flexibility index (Phi) is 3.90. The number of nitrogens with two attached hydrogens (primary N) is 1. The summed E-state index contributed by atoms with van der Waals surface area (Å²) in [5.41, 5.74) is 6.03. The molecule has 0 spiro atoms. The summed E-state index contributed by atoms with van der Waals surface area (Å²) in [6, 6.07) is 4.80. The van der Waals surface area contributed by atoms with Crippen LogP contribution in [-0.2, 0) is 0 Å². The van der Waals surface area contributed by atoms with Gasteiger partial charge in [0.2, 0.25) is 0 Å². The molecule has 0 bridgehead atoms. The molecule has 2 unspecified atom stereocenters. The summed E-state index contributed by atoms with van der Waals surface area (Å²) < 4.78 is 1.44. The SMILES string of the molecule is NC1CCCC1CCSc1cccs1. The van der Waals surface area contributed by atoms with Crippen LogP contribution in [0.1, 0.15) is 25.7 Å². The molecular formula is C11H17NS2. The molecule has 2 atom stereocenters. The topological polar surface area (TPSA) is 26.0 Å². The summed E-state index contributed by atoms with van der Waals surface area (Å²) in [6.07, 6.45) is 5.24. The highest BCUT2D eigenvalue weighted by Gasteiger charge is 2.23. The third kappa shape index (κ3) is 2.75. The van der Waals surface area contributed by atoms with Crippen LogP contribution in [0, 0.1) is 5.92 Å². The Bertz CT molecular complexity index is 258. The van der Waals surface area contributed by atoms with Crippen molar-refractivity contribution in [1.29, 1.82) is 0 Å². The van der Waals surface area contributed by atoms with Crippen molar-refractivity contribution >= 4 is 23.1 Å². The molecule has 0 saturated heterocycles. The second kappa shape index (κ2) is 5.19. The number of thiophene rings is 1. The van der Waals surface area contributed by atoms with E-state index in [9.17, 15) is 0 Å². The van der Waals surface area contributed by atoms with E-state index in [-0.39, 0.29) is 0 Å². The van der Waals surface area contributed by atoms with E-state index in [0.29, 0.717) is 6.04 Å². The second-order valence-corrected chi connectivity index (χ2v) is 6.27. The van der Waals surface area contributed by atoms with Crippen LogP contribution in [0.15, 0.2) is 21.7 Å². The lowest BCUT2D eigenvalue weighted by Crippen LogP contribution is -2.24. The first-order valence-electron chi connectivity index (χ1n) is 5.28. The van der Waals surface area contributed by atoms with Crippen LogP contribution in [0.5, 0.6) is 0 Å². The molecule has 1 saturated carbocycles. The first-order chi connectivity index (χ1) is 6.86. The third-order valence-electron chi connectivity index (χ3n) is 2.95. The van der Waals surface area contributed by atoms with Gasteiger partial charge in [-0.15, -0.1) is 23.1 Å². The quantitative estimate of drug-likeness (QED) is 0.798. The molecule has 1 aromatic heterocycles. The Morgan fingerprint density at radius 1 is 1.50 bits per heavy atom. The third-order valence-corrected chi connectivity index (χ3v) is 5.11. The van der Waals surface area contributed by atoms with Gasteiger partial charge in [0, 0.05) is 6.04 Å². The van der Waals surface area contributed by atoms with Gasteiger partial charge in [-0.3, -0.25) is 0 Å².